The van der Waals surface area contributed by atoms with Gasteiger partial charge in [0.15, 0.2) is 5.12 Å². The van der Waals surface area contributed by atoms with Gasteiger partial charge in [0, 0.05) is 12.5 Å². The maximum atomic E-state index is 12.9. The second kappa shape index (κ2) is 5.84. The molecule has 0 saturated carbocycles. The lowest BCUT2D eigenvalue weighted by Gasteiger charge is -1.97. The van der Waals surface area contributed by atoms with Crippen LogP contribution in [0.4, 0.5) is 3.89 Å². The van der Waals surface area contributed by atoms with Gasteiger partial charge in [-0.25, -0.2) is 0 Å². The van der Waals surface area contributed by atoms with E-state index < -0.39 is 15.1 Å². The topological polar surface area (TPSA) is 51.2 Å². The molecule has 0 spiro atoms. The van der Waals surface area contributed by atoms with Crippen LogP contribution in [-0.2, 0) is 15.0 Å². The highest BCUT2D eigenvalue weighted by atomic mass is 32.3. The molecule has 0 bridgehead atoms. The maximum absolute atomic E-state index is 12.9. The van der Waals surface area contributed by atoms with Gasteiger partial charge in [0.05, 0.1) is 5.75 Å². The first-order chi connectivity index (χ1) is 7.91. The predicted octanol–water partition coefficient (Wildman–Crippen LogP) is 1.98. The molecule has 0 aliphatic carbocycles. The molecule has 0 amide bonds. The second-order valence-corrected chi connectivity index (χ2v) is 5.48. The van der Waals surface area contributed by atoms with Crippen LogP contribution in [0.1, 0.15) is 12.5 Å². The SMILES string of the molecule is CC(=O)SCC#Cc1ccccc1S(=O)(=O)F. The molecule has 0 aromatic heterocycles. The first-order valence-corrected chi connectivity index (χ1v) is 6.94. The normalized spacial score (nSPS) is 10.5. The minimum absolute atomic E-state index is 0.0781. The molecule has 0 aliphatic rings. The maximum Gasteiger partial charge on any atom is 0.333 e. The molecule has 17 heavy (non-hydrogen) atoms. The van der Waals surface area contributed by atoms with Crippen LogP contribution in [0, 0.1) is 11.8 Å². The molecule has 90 valence electrons. The molecule has 1 rings (SSSR count). The summed E-state index contributed by atoms with van der Waals surface area (Å²) in [6, 6.07) is 5.55. The molecule has 0 unspecified atom stereocenters. The number of halogens is 1. The Balaban J connectivity index is 2.96. The predicted molar refractivity (Wildman–Crippen MR) is 64.8 cm³/mol. The Hall–Kier alpha value is -1.32. The minimum atomic E-state index is -4.76. The fraction of sp³-hybridized carbons (Fsp3) is 0.182. The third kappa shape index (κ3) is 4.59. The van der Waals surface area contributed by atoms with Crippen molar-refractivity contribution < 1.29 is 17.1 Å². The van der Waals surface area contributed by atoms with Crippen molar-refractivity contribution in [1.82, 2.24) is 0 Å². The number of carbonyl (C=O) groups is 1. The number of hydrogen-bond donors (Lipinski definition) is 0. The van der Waals surface area contributed by atoms with Gasteiger partial charge >= 0.3 is 10.2 Å². The van der Waals surface area contributed by atoms with Crippen LogP contribution in [0.15, 0.2) is 29.2 Å². The first kappa shape index (κ1) is 13.7. The molecule has 0 fully saturated rings. The van der Waals surface area contributed by atoms with Gasteiger partial charge in [-0.1, -0.05) is 35.7 Å². The molecule has 6 heteroatoms. The van der Waals surface area contributed by atoms with E-state index in [2.05, 4.69) is 11.8 Å². The monoisotopic (exact) mass is 272 g/mol. The zero-order valence-corrected chi connectivity index (χ0v) is 10.6. The number of thioether (sulfide) groups is 1. The highest BCUT2D eigenvalue weighted by Gasteiger charge is 2.14. The molecular formula is C11H9FO3S2. The van der Waals surface area contributed by atoms with Crippen LogP contribution < -0.4 is 0 Å². The fourth-order valence-electron chi connectivity index (χ4n) is 1.05. The molecule has 0 radical (unpaired) electrons. The lowest BCUT2D eigenvalue weighted by molar-refractivity contribution is -0.109. The number of rotatable bonds is 2. The van der Waals surface area contributed by atoms with Crippen LogP contribution in [0.25, 0.3) is 0 Å². The molecule has 0 saturated heterocycles. The number of hydrogen-bond acceptors (Lipinski definition) is 4. The highest BCUT2D eigenvalue weighted by molar-refractivity contribution is 8.13. The third-order valence-corrected chi connectivity index (χ3v) is 3.30. The van der Waals surface area contributed by atoms with Crippen molar-refractivity contribution in [3.63, 3.8) is 0 Å². The molecule has 1 aromatic rings. The summed E-state index contributed by atoms with van der Waals surface area (Å²) in [5.74, 6) is 5.39. The largest absolute Gasteiger partial charge is 0.333 e. The molecule has 0 heterocycles. The van der Waals surface area contributed by atoms with E-state index in [0.29, 0.717) is 0 Å². The summed E-state index contributed by atoms with van der Waals surface area (Å²) < 4.78 is 34.5. The van der Waals surface area contributed by atoms with Crippen LogP contribution in [0.3, 0.4) is 0 Å². The van der Waals surface area contributed by atoms with E-state index in [4.69, 9.17) is 0 Å². The van der Waals surface area contributed by atoms with Gasteiger partial charge in [0.1, 0.15) is 4.90 Å². The van der Waals surface area contributed by atoms with Crippen molar-refractivity contribution >= 4 is 27.1 Å². The average molecular weight is 272 g/mol. The molecule has 0 atom stereocenters. The molecular weight excluding hydrogens is 263 g/mol. The smallest absolute Gasteiger partial charge is 0.288 e. The van der Waals surface area contributed by atoms with E-state index >= 15 is 0 Å². The van der Waals surface area contributed by atoms with Crippen molar-refractivity contribution in [2.45, 2.75) is 11.8 Å². The summed E-state index contributed by atoms with van der Waals surface area (Å²) in [4.78, 5) is 10.2. The van der Waals surface area contributed by atoms with Gasteiger partial charge in [-0.05, 0) is 12.1 Å². The Kier molecular flexibility index (Phi) is 4.73. The second-order valence-electron chi connectivity index (χ2n) is 3.02. The summed E-state index contributed by atoms with van der Waals surface area (Å²) in [6.07, 6.45) is 0. The van der Waals surface area contributed by atoms with E-state index in [0.717, 1.165) is 17.8 Å². The third-order valence-electron chi connectivity index (χ3n) is 1.72. The van der Waals surface area contributed by atoms with Crippen molar-refractivity contribution in [2.24, 2.45) is 0 Å². The highest BCUT2D eigenvalue weighted by Crippen LogP contribution is 2.16. The fourth-order valence-corrected chi connectivity index (χ4v) is 2.02. The molecule has 3 nitrogen and oxygen atoms in total. The summed E-state index contributed by atoms with van der Waals surface area (Å²) in [5, 5.41) is -0.0781. The van der Waals surface area contributed by atoms with Crippen LogP contribution in [0.2, 0.25) is 0 Å². The summed E-state index contributed by atoms with van der Waals surface area (Å²) in [5.41, 5.74) is 0.0964. The number of benzene rings is 1. The van der Waals surface area contributed by atoms with Crippen LogP contribution in [0.5, 0.6) is 0 Å². The molecule has 1 aromatic carbocycles. The Morgan fingerprint density at radius 1 is 1.41 bits per heavy atom. The van der Waals surface area contributed by atoms with Gasteiger partial charge in [-0.3, -0.25) is 4.79 Å². The van der Waals surface area contributed by atoms with E-state index in [1.54, 1.807) is 6.07 Å². The van der Waals surface area contributed by atoms with Crippen molar-refractivity contribution in [3.05, 3.63) is 29.8 Å². The van der Waals surface area contributed by atoms with Gasteiger partial charge in [0.2, 0.25) is 0 Å². The minimum Gasteiger partial charge on any atom is -0.288 e. The Bertz CT molecular complexity index is 582. The van der Waals surface area contributed by atoms with Gasteiger partial charge in [-0.2, -0.15) is 8.42 Å². The lowest BCUT2D eigenvalue weighted by Crippen LogP contribution is -1.95. The summed E-state index contributed by atoms with van der Waals surface area (Å²) in [7, 11) is -4.76. The standard InChI is InChI=1S/C11H9FO3S2/c1-9(13)16-8-4-6-10-5-2-3-7-11(10)17(12,14)15/h2-3,5,7H,8H2,1H3. The zero-order chi connectivity index (χ0) is 12.9. The Labute approximate surface area is 104 Å². The Morgan fingerprint density at radius 3 is 2.65 bits per heavy atom. The first-order valence-electron chi connectivity index (χ1n) is 4.57. The summed E-state index contributed by atoms with van der Waals surface area (Å²) in [6.45, 7) is 1.41. The van der Waals surface area contributed by atoms with Gasteiger partial charge in [0.25, 0.3) is 0 Å². The van der Waals surface area contributed by atoms with E-state index in [1.807, 2.05) is 0 Å². The van der Waals surface area contributed by atoms with Crippen molar-refractivity contribution in [2.75, 3.05) is 5.75 Å². The Morgan fingerprint density at radius 2 is 2.06 bits per heavy atom. The van der Waals surface area contributed by atoms with E-state index in [9.17, 15) is 17.1 Å². The lowest BCUT2D eigenvalue weighted by atomic mass is 10.2. The van der Waals surface area contributed by atoms with E-state index in [-0.39, 0.29) is 16.4 Å². The average Bonchev–Trinajstić information content (AvgIpc) is 2.23. The van der Waals surface area contributed by atoms with Crippen LogP contribution >= 0.6 is 11.8 Å². The van der Waals surface area contributed by atoms with Gasteiger partial charge < -0.3 is 0 Å². The van der Waals surface area contributed by atoms with Gasteiger partial charge in [-0.15, -0.1) is 3.89 Å². The van der Waals surface area contributed by atoms with E-state index in [1.165, 1.54) is 19.1 Å². The molecule has 0 aliphatic heterocycles. The molecule has 0 N–H and O–H groups in total. The quantitative estimate of drug-likeness (QED) is 0.610. The van der Waals surface area contributed by atoms with Crippen LogP contribution in [-0.4, -0.2) is 19.3 Å². The zero-order valence-electron chi connectivity index (χ0n) is 8.94. The summed E-state index contributed by atoms with van der Waals surface area (Å²) >= 11 is 1.01. The van der Waals surface area contributed by atoms with Crippen molar-refractivity contribution in [3.8, 4) is 11.8 Å². The number of carbonyl (C=O) groups excluding carboxylic acids is 1. The van der Waals surface area contributed by atoms with Crippen molar-refractivity contribution in [1.29, 1.82) is 0 Å².